The van der Waals surface area contributed by atoms with Crippen molar-refractivity contribution in [1.29, 1.82) is 0 Å². The standard InChI is InChI=1S/C21H28N4O3/c1-6-14(2)18(24-20(27)28-21(3,4)5)19(26)25-23-13-15-9-10-17-16(12-15)8-7-11-22-17/h7-14,18H,6H2,1-5H3,(H,24,27)(H,25,26)/b23-13-/t14-,18+/m1/s1. The number of nitrogens with zero attached hydrogens (tertiary/aromatic N) is 2. The maximum absolute atomic E-state index is 12.5. The van der Waals surface area contributed by atoms with E-state index in [1.165, 1.54) is 0 Å². The molecule has 0 spiro atoms. The third-order valence-corrected chi connectivity index (χ3v) is 4.18. The fourth-order valence-electron chi connectivity index (χ4n) is 2.55. The van der Waals surface area contributed by atoms with Gasteiger partial charge in [-0.15, -0.1) is 0 Å². The Labute approximate surface area is 165 Å². The fraction of sp³-hybridized carbons (Fsp3) is 0.429. The zero-order valence-corrected chi connectivity index (χ0v) is 17.0. The van der Waals surface area contributed by atoms with Crippen LogP contribution >= 0.6 is 0 Å². The van der Waals surface area contributed by atoms with Crippen LogP contribution in [0.25, 0.3) is 10.9 Å². The molecule has 7 nitrogen and oxygen atoms in total. The van der Waals surface area contributed by atoms with Crippen LogP contribution in [-0.4, -0.2) is 34.8 Å². The number of alkyl carbamates (subject to hydrolysis) is 1. The number of hydrogen-bond donors (Lipinski definition) is 2. The number of rotatable bonds is 6. The van der Waals surface area contributed by atoms with Crippen molar-refractivity contribution in [2.75, 3.05) is 0 Å². The summed E-state index contributed by atoms with van der Waals surface area (Å²) in [6.07, 6.45) is 3.39. The van der Waals surface area contributed by atoms with Crippen LogP contribution in [0.1, 0.15) is 46.6 Å². The van der Waals surface area contributed by atoms with E-state index >= 15 is 0 Å². The van der Waals surface area contributed by atoms with Crippen molar-refractivity contribution in [3.8, 4) is 0 Å². The highest BCUT2D eigenvalue weighted by Gasteiger charge is 2.28. The van der Waals surface area contributed by atoms with Crippen LogP contribution in [0, 0.1) is 5.92 Å². The Morgan fingerprint density at radius 3 is 2.71 bits per heavy atom. The van der Waals surface area contributed by atoms with E-state index in [0.717, 1.165) is 22.9 Å². The summed E-state index contributed by atoms with van der Waals surface area (Å²) in [5, 5.41) is 7.66. The Morgan fingerprint density at radius 1 is 1.29 bits per heavy atom. The molecule has 0 aliphatic heterocycles. The maximum atomic E-state index is 12.5. The summed E-state index contributed by atoms with van der Waals surface area (Å²) in [5.41, 5.74) is 3.60. The van der Waals surface area contributed by atoms with Gasteiger partial charge in [-0.2, -0.15) is 5.10 Å². The molecule has 0 fully saturated rings. The van der Waals surface area contributed by atoms with Crippen LogP contribution < -0.4 is 10.7 Å². The molecular weight excluding hydrogens is 356 g/mol. The predicted octanol–water partition coefficient (Wildman–Crippen LogP) is 3.62. The second kappa shape index (κ2) is 9.30. The Kier molecular flexibility index (Phi) is 7.09. The number of hydrogen-bond acceptors (Lipinski definition) is 5. The monoisotopic (exact) mass is 384 g/mol. The van der Waals surface area contributed by atoms with Crippen molar-refractivity contribution >= 4 is 29.1 Å². The molecule has 2 aromatic rings. The van der Waals surface area contributed by atoms with E-state index in [9.17, 15) is 9.59 Å². The third-order valence-electron chi connectivity index (χ3n) is 4.18. The summed E-state index contributed by atoms with van der Waals surface area (Å²) < 4.78 is 5.25. The summed E-state index contributed by atoms with van der Waals surface area (Å²) in [6.45, 7) is 9.16. The van der Waals surface area contributed by atoms with Crippen molar-refractivity contribution in [1.82, 2.24) is 15.7 Å². The highest BCUT2D eigenvalue weighted by Crippen LogP contribution is 2.13. The van der Waals surface area contributed by atoms with Crippen molar-refractivity contribution in [3.05, 3.63) is 42.1 Å². The lowest BCUT2D eigenvalue weighted by molar-refractivity contribution is -0.124. The Balaban J connectivity index is 2.03. The minimum Gasteiger partial charge on any atom is -0.444 e. The molecule has 1 heterocycles. The number of pyridine rings is 1. The second-order valence-electron chi connectivity index (χ2n) is 7.70. The number of amides is 2. The molecule has 0 radical (unpaired) electrons. The van der Waals surface area contributed by atoms with Gasteiger partial charge in [-0.3, -0.25) is 9.78 Å². The van der Waals surface area contributed by atoms with Gasteiger partial charge in [-0.05, 0) is 50.5 Å². The molecule has 1 aromatic heterocycles. The molecule has 2 N–H and O–H groups in total. The first-order chi connectivity index (χ1) is 13.2. The molecule has 2 atom stereocenters. The van der Waals surface area contributed by atoms with E-state index in [-0.39, 0.29) is 11.8 Å². The highest BCUT2D eigenvalue weighted by molar-refractivity contribution is 5.90. The summed E-state index contributed by atoms with van der Waals surface area (Å²) in [5.74, 6) is -0.464. The molecule has 0 bridgehead atoms. The molecule has 2 amide bonds. The van der Waals surface area contributed by atoms with Crippen LogP contribution in [0.2, 0.25) is 0 Å². The number of carbonyl (C=O) groups is 2. The zero-order chi connectivity index (χ0) is 20.7. The molecule has 0 unspecified atom stereocenters. The fourth-order valence-corrected chi connectivity index (χ4v) is 2.55. The SMILES string of the molecule is CC[C@@H](C)[C@H](NC(=O)OC(C)(C)C)C(=O)N/N=C\c1ccc2ncccc2c1. The Hall–Kier alpha value is -2.96. The molecule has 28 heavy (non-hydrogen) atoms. The smallest absolute Gasteiger partial charge is 0.408 e. The van der Waals surface area contributed by atoms with Gasteiger partial charge in [0.2, 0.25) is 0 Å². The molecule has 150 valence electrons. The van der Waals surface area contributed by atoms with Gasteiger partial charge in [-0.1, -0.05) is 32.4 Å². The first-order valence-corrected chi connectivity index (χ1v) is 9.37. The van der Waals surface area contributed by atoms with E-state index < -0.39 is 17.7 Å². The third kappa shape index (κ3) is 6.33. The van der Waals surface area contributed by atoms with Crippen LogP contribution in [-0.2, 0) is 9.53 Å². The van der Waals surface area contributed by atoms with E-state index in [2.05, 4.69) is 20.8 Å². The molecule has 0 aliphatic rings. The normalized spacial score (nSPS) is 13.9. The minimum absolute atomic E-state index is 0.0746. The average molecular weight is 384 g/mol. The van der Waals surface area contributed by atoms with E-state index in [4.69, 9.17) is 4.74 Å². The van der Waals surface area contributed by atoms with Crippen molar-refractivity contribution in [3.63, 3.8) is 0 Å². The summed E-state index contributed by atoms with van der Waals surface area (Å²) in [7, 11) is 0. The molecular formula is C21H28N4O3. The number of carbonyl (C=O) groups excluding carboxylic acids is 2. The van der Waals surface area contributed by atoms with Gasteiger partial charge in [0.1, 0.15) is 11.6 Å². The van der Waals surface area contributed by atoms with Gasteiger partial charge in [-0.25, -0.2) is 10.2 Å². The quantitative estimate of drug-likeness (QED) is 0.588. The molecule has 7 heteroatoms. The second-order valence-corrected chi connectivity index (χ2v) is 7.70. The molecule has 1 aromatic carbocycles. The lowest BCUT2D eigenvalue weighted by atomic mass is 9.99. The van der Waals surface area contributed by atoms with Gasteiger partial charge >= 0.3 is 6.09 Å². The van der Waals surface area contributed by atoms with E-state index in [0.29, 0.717) is 0 Å². The summed E-state index contributed by atoms with van der Waals surface area (Å²) in [6, 6.07) is 8.79. The minimum atomic E-state index is -0.738. The number of ether oxygens (including phenoxy) is 1. The number of hydrazone groups is 1. The van der Waals surface area contributed by atoms with Gasteiger partial charge in [0.15, 0.2) is 0 Å². The lowest BCUT2D eigenvalue weighted by Crippen LogP contribution is -2.50. The topological polar surface area (TPSA) is 92.7 Å². The summed E-state index contributed by atoms with van der Waals surface area (Å²) >= 11 is 0. The first kappa shape index (κ1) is 21.3. The van der Waals surface area contributed by atoms with Crippen LogP contribution in [0.3, 0.4) is 0 Å². The van der Waals surface area contributed by atoms with Crippen molar-refractivity contribution in [2.45, 2.75) is 52.7 Å². The molecule has 0 saturated carbocycles. The number of nitrogens with one attached hydrogen (secondary N) is 2. The van der Waals surface area contributed by atoms with Crippen molar-refractivity contribution < 1.29 is 14.3 Å². The van der Waals surface area contributed by atoms with Gasteiger partial charge < -0.3 is 10.1 Å². The molecule has 0 aliphatic carbocycles. The number of aromatic nitrogens is 1. The average Bonchev–Trinajstić information content (AvgIpc) is 2.64. The van der Waals surface area contributed by atoms with Gasteiger partial charge in [0, 0.05) is 11.6 Å². The van der Waals surface area contributed by atoms with E-state index in [1.54, 1.807) is 33.2 Å². The van der Waals surface area contributed by atoms with Crippen molar-refractivity contribution in [2.24, 2.45) is 11.0 Å². The van der Waals surface area contributed by atoms with Crippen LogP contribution in [0.5, 0.6) is 0 Å². The van der Waals surface area contributed by atoms with Gasteiger partial charge in [0.25, 0.3) is 5.91 Å². The number of fused-ring (bicyclic) bond motifs is 1. The number of benzene rings is 1. The van der Waals surface area contributed by atoms with Gasteiger partial charge in [0.05, 0.1) is 11.7 Å². The van der Waals surface area contributed by atoms with Crippen LogP contribution in [0.4, 0.5) is 4.79 Å². The Bertz CT molecular complexity index is 858. The summed E-state index contributed by atoms with van der Waals surface area (Å²) in [4.78, 5) is 28.9. The van der Waals surface area contributed by atoms with E-state index in [1.807, 2.05) is 44.2 Å². The lowest BCUT2D eigenvalue weighted by Gasteiger charge is -2.25. The maximum Gasteiger partial charge on any atom is 0.408 e. The predicted molar refractivity (Wildman–Crippen MR) is 110 cm³/mol. The first-order valence-electron chi connectivity index (χ1n) is 9.37. The molecule has 2 rings (SSSR count). The largest absolute Gasteiger partial charge is 0.444 e. The Morgan fingerprint density at radius 2 is 2.04 bits per heavy atom. The molecule has 0 saturated heterocycles. The zero-order valence-electron chi connectivity index (χ0n) is 17.0. The highest BCUT2D eigenvalue weighted by atomic mass is 16.6. The van der Waals surface area contributed by atoms with Crippen LogP contribution in [0.15, 0.2) is 41.6 Å².